The largest absolute Gasteiger partial charge is 0.271 e. The number of thiophene rings is 1. The van der Waals surface area contributed by atoms with Crippen LogP contribution >= 0.6 is 27.3 Å². The van der Waals surface area contributed by atoms with Gasteiger partial charge in [0.15, 0.2) is 0 Å². The van der Waals surface area contributed by atoms with Gasteiger partial charge in [-0.3, -0.25) is 11.3 Å². The number of hydrogen-bond acceptors (Lipinski definition) is 3. The minimum atomic E-state index is 0.417. The van der Waals surface area contributed by atoms with Crippen molar-refractivity contribution in [1.29, 1.82) is 0 Å². The first-order valence-corrected chi connectivity index (χ1v) is 8.06. The lowest BCUT2D eigenvalue weighted by Crippen LogP contribution is -2.48. The molecule has 0 aromatic carbocycles. The van der Waals surface area contributed by atoms with Gasteiger partial charge in [-0.1, -0.05) is 19.8 Å². The Morgan fingerprint density at radius 1 is 1.53 bits per heavy atom. The highest BCUT2D eigenvalue weighted by Crippen LogP contribution is 2.44. The summed E-state index contributed by atoms with van der Waals surface area (Å²) >= 11 is 5.34. The summed E-state index contributed by atoms with van der Waals surface area (Å²) in [4.78, 5) is 1.42. The second-order valence-electron chi connectivity index (χ2n) is 5.08. The molecule has 1 aliphatic carbocycles. The van der Waals surface area contributed by atoms with Crippen molar-refractivity contribution < 1.29 is 0 Å². The van der Waals surface area contributed by atoms with Crippen LogP contribution in [0.1, 0.15) is 43.9 Å². The van der Waals surface area contributed by atoms with E-state index in [9.17, 15) is 0 Å². The van der Waals surface area contributed by atoms with Crippen molar-refractivity contribution in [2.24, 2.45) is 11.3 Å². The quantitative estimate of drug-likeness (QED) is 0.639. The van der Waals surface area contributed by atoms with E-state index in [1.54, 1.807) is 0 Å². The van der Waals surface area contributed by atoms with Gasteiger partial charge in [-0.05, 0) is 53.1 Å². The Kier molecular flexibility index (Phi) is 4.64. The number of rotatable bonds is 5. The zero-order valence-corrected chi connectivity index (χ0v) is 12.7. The number of halogens is 1. The summed E-state index contributed by atoms with van der Waals surface area (Å²) in [6.45, 7) is 2.31. The fourth-order valence-corrected chi connectivity index (χ4v) is 4.64. The minimum absolute atomic E-state index is 0.417. The van der Waals surface area contributed by atoms with Crippen LogP contribution in [0.4, 0.5) is 0 Å². The molecule has 0 radical (unpaired) electrons. The molecule has 0 saturated heterocycles. The summed E-state index contributed by atoms with van der Waals surface area (Å²) in [6.07, 6.45) is 7.66. The molecule has 96 valence electrons. The van der Waals surface area contributed by atoms with Crippen molar-refractivity contribution in [2.45, 2.75) is 51.5 Å². The first-order chi connectivity index (χ1) is 8.20. The van der Waals surface area contributed by atoms with Gasteiger partial charge in [-0.2, -0.15) is 0 Å². The predicted molar refractivity (Wildman–Crippen MR) is 78.0 cm³/mol. The fraction of sp³-hybridized carbons (Fsp3) is 0.692. The molecule has 4 heteroatoms. The van der Waals surface area contributed by atoms with Crippen LogP contribution in [0.2, 0.25) is 0 Å². The molecule has 1 fully saturated rings. The maximum Gasteiger partial charge on any atom is 0.0315 e. The number of nitrogens with one attached hydrogen (secondary N) is 1. The zero-order valence-electron chi connectivity index (χ0n) is 10.3. The van der Waals surface area contributed by atoms with Crippen LogP contribution in [0.5, 0.6) is 0 Å². The molecule has 0 bridgehead atoms. The molecule has 1 aromatic rings. The standard InChI is InChI=1S/C13H21BrN2S/c1-2-13(5-3-4-6-13)12(16-15)8-11-7-10(14)9-17-11/h7,9,12,16H,2-6,8,15H2,1H3. The molecular weight excluding hydrogens is 296 g/mol. The molecule has 2 nitrogen and oxygen atoms in total. The highest BCUT2D eigenvalue weighted by Gasteiger charge is 2.39. The highest BCUT2D eigenvalue weighted by atomic mass is 79.9. The number of hydrogen-bond donors (Lipinski definition) is 2. The first kappa shape index (κ1) is 13.5. The average molecular weight is 317 g/mol. The van der Waals surface area contributed by atoms with Gasteiger partial charge in [0.1, 0.15) is 0 Å². The Morgan fingerprint density at radius 3 is 2.71 bits per heavy atom. The van der Waals surface area contributed by atoms with Gasteiger partial charge < -0.3 is 0 Å². The van der Waals surface area contributed by atoms with Crippen molar-refractivity contribution >= 4 is 27.3 Å². The Hall–Kier alpha value is 0.1000. The Bertz CT molecular complexity index is 358. The molecule has 0 spiro atoms. The van der Waals surface area contributed by atoms with Gasteiger partial charge >= 0.3 is 0 Å². The van der Waals surface area contributed by atoms with Crippen molar-refractivity contribution in [3.05, 3.63) is 20.8 Å². The van der Waals surface area contributed by atoms with E-state index in [0.29, 0.717) is 11.5 Å². The van der Waals surface area contributed by atoms with Gasteiger partial charge in [0.25, 0.3) is 0 Å². The number of hydrazine groups is 1. The summed E-state index contributed by atoms with van der Waals surface area (Å²) in [6, 6.07) is 2.63. The molecule has 0 amide bonds. The van der Waals surface area contributed by atoms with E-state index in [1.807, 2.05) is 11.3 Å². The molecule has 1 atom stereocenters. The third-order valence-electron chi connectivity index (χ3n) is 4.27. The lowest BCUT2D eigenvalue weighted by molar-refractivity contribution is 0.186. The lowest BCUT2D eigenvalue weighted by atomic mass is 9.75. The van der Waals surface area contributed by atoms with E-state index < -0.39 is 0 Å². The van der Waals surface area contributed by atoms with E-state index in [2.05, 4.69) is 39.7 Å². The molecule has 1 saturated carbocycles. The van der Waals surface area contributed by atoms with Gasteiger partial charge in [0, 0.05) is 20.8 Å². The highest BCUT2D eigenvalue weighted by molar-refractivity contribution is 9.10. The van der Waals surface area contributed by atoms with Crippen molar-refractivity contribution in [3.8, 4) is 0 Å². The molecule has 3 N–H and O–H groups in total. The van der Waals surface area contributed by atoms with Gasteiger partial charge in [-0.25, -0.2) is 0 Å². The van der Waals surface area contributed by atoms with Crippen LogP contribution in [0.3, 0.4) is 0 Å². The SMILES string of the molecule is CCC1(C(Cc2cc(Br)cs2)NN)CCCC1. The summed E-state index contributed by atoms with van der Waals surface area (Å²) < 4.78 is 1.19. The van der Waals surface area contributed by atoms with Crippen molar-refractivity contribution in [2.75, 3.05) is 0 Å². The zero-order chi connectivity index (χ0) is 12.3. The normalized spacial score (nSPS) is 20.6. The second-order valence-corrected chi connectivity index (χ2v) is 6.99. The van der Waals surface area contributed by atoms with E-state index in [-0.39, 0.29) is 0 Å². The molecule has 1 aromatic heterocycles. The summed E-state index contributed by atoms with van der Waals surface area (Å²) in [5.41, 5.74) is 3.51. The maximum absolute atomic E-state index is 5.81. The Labute approximate surface area is 116 Å². The topological polar surface area (TPSA) is 38.0 Å². The molecule has 1 aliphatic rings. The van der Waals surface area contributed by atoms with E-state index in [1.165, 1.54) is 41.5 Å². The third-order valence-corrected chi connectivity index (χ3v) is 5.99. The van der Waals surface area contributed by atoms with Gasteiger partial charge in [-0.15, -0.1) is 11.3 Å². The van der Waals surface area contributed by atoms with Gasteiger partial charge in [0.05, 0.1) is 0 Å². The van der Waals surface area contributed by atoms with Crippen LogP contribution in [0.25, 0.3) is 0 Å². The fourth-order valence-electron chi connectivity index (χ4n) is 3.14. The summed E-state index contributed by atoms with van der Waals surface area (Å²) in [5.74, 6) is 5.81. The maximum atomic E-state index is 5.81. The molecule has 17 heavy (non-hydrogen) atoms. The first-order valence-electron chi connectivity index (χ1n) is 6.39. The smallest absolute Gasteiger partial charge is 0.0315 e. The summed E-state index contributed by atoms with van der Waals surface area (Å²) in [7, 11) is 0. The van der Waals surface area contributed by atoms with E-state index >= 15 is 0 Å². The number of nitrogens with two attached hydrogens (primary N) is 1. The minimum Gasteiger partial charge on any atom is -0.271 e. The predicted octanol–water partition coefficient (Wildman–Crippen LogP) is 3.86. The van der Waals surface area contributed by atoms with E-state index in [4.69, 9.17) is 5.84 Å². The molecular formula is C13H21BrN2S. The van der Waals surface area contributed by atoms with Crippen LogP contribution in [0.15, 0.2) is 15.9 Å². The van der Waals surface area contributed by atoms with Crippen LogP contribution in [-0.2, 0) is 6.42 Å². The lowest BCUT2D eigenvalue weighted by Gasteiger charge is -2.36. The van der Waals surface area contributed by atoms with E-state index in [0.717, 1.165) is 6.42 Å². The summed E-state index contributed by atoms with van der Waals surface area (Å²) in [5, 5.41) is 2.15. The second kappa shape index (κ2) is 5.83. The Balaban J connectivity index is 2.10. The molecule has 2 rings (SSSR count). The average Bonchev–Trinajstić information content (AvgIpc) is 2.95. The monoisotopic (exact) mass is 316 g/mol. The third kappa shape index (κ3) is 2.92. The molecule has 1 unspecified atom stereocenters. The molecule has 1 heterocycles. The van der Waals surface area contributed by atoms with Crippen molar-refractivity contribution in [1.82, 2.24) is 5.43 Å². The Morgan fingerprint density at radius 2 is 2.24 bits per heavy atom. The van der Waals surface area contributed by atoms with Crippen LogP contribution in [-0.4, -0.2) is 6.04 Å². The van der Waals surface area contributed by atoms with Gasteiger partial charge in [0.2, 0.25) is 0 Å². The van der Waals surface area contributed by atoms with Crippen LogP contribution in [0, 0.1) is 5.41 Å². The van der Waals surface area contributed by atoms with Crippen LogP contribution < -0.4 is 11.3 Å². The van der Waals surface area contributed by atoms with Crippen molar-refractivity contribution in [3.63, 3.8) is 0 Å². The molecule has 0 aliphatic heterocycles.